The molecule has 0 aliphatic heterocycles. The Morgan fingerprint density at radius 2 is 1.50 bits per heavy atom. The number of fused-ring (bicyclic) bond motifs is 1. The highest BCUT2D eigenvalue weighted by atomic mass is 16.6. The smallest absolute Gasteiger partial charge is 0.407 e. The molecule has 4 aromatic rings. The van der Waals surface area contributed by atoms with Crippen molar-refractivity contribution < 1.29 is 28.6 Å². The van der Waals surface area contributed by atoms with Crippen LogP contribution < -0.4 is 25.4 Å². The lowest BCUT2D eigenvalue weighted by molar-refractivity contribution is 0.0528. The Balaban J connectivity index is 1.48. The highest BCUT2D eigenvalue weighted by Crippen LogP contribution is 2.34. The van der Waals surface area contributed by atoms with Gasteiger partial charge in [0.1, 0.15) is 11.3 Å². The topological polar surface area (TPSA) is 141 Å². The second kappa shape index (κ2) is 13.0. The second-order valence-electron chi connectivity index (χ2n) is 10.3. The summed E-state index contributed by atoms with van der Waals surface area (Å²) in [6.45, 7) is 5.81. The van der Waals surface area contributed by atoms with Crippen molar-refractivity contribution in [2.24, 2.45) is 0 Å². The molecule has 11 heteroatoms. The number of rotatable bonds is 9. The Labute approximate surface area is 243 Å². The van der Waals surface area contributed by atoms with E-state index in [9.17, 15) is 14.4 Å². The van der Waals surface area contributed by atoms with E-state index in [1.807, 2.05) is 24.3 Å². The maximum atomic E-state index is 13.4. The highest BCUT2D eigenvalue weighted by Gasteiger charge is 2.21. The number of nitrogens with zero attached hydrogens (tertiary/aromatic N) is 2. The molecule has 3 aromatic carbocycles. The molecule has 0 unspecified atom stereocenters. The van der Waals surface area contributed by atoms with Crippen LogP contribution in [-0.4, -0.2) is 54.2 Å². The van der Waals surface area contributed by atoms with Gasteiger partial charge in [0.25, 0.3) is 11.8 Å². The van der Waals surface area contributed by atoms with Crippen molar-refractivity contribution in [2.45, 2.75) is 32.8 Å². The number of nitrogens with one attached hydrogen (secondary N) is 3. The third-order valence-electron chi connectivity index (χ3n) is 5.99. The predicted octanol–water partition coefficient (Wildman–Crippen LogP) is 5.22. The van der Waals surface area contributed by atoms with Gasteiger partial charge in [-0.1, -0.05) is 24.3 Å². The Morgan fingerprint density at radius 1 is 0.833 bits per heavy atom. The molecule has 0 atom stereocenters. The summed E-state index contributed by atoms with van der Waals surface area (Å²) < 4.78 is 16.0. The summed E-state index contributed by atoms with van der Waals surface area (Å²) in [5, 5.41) is 8.33. The molecular weight excluding hydrogens is 538 g/mol. The van der Waals surface area contributed by atoms with Crippen LogP contribution in [0.5, 0.6) is 11.5 Å². The number of aromatic nitrogens is 2. The van der Waals surface area contributed by atoms with Gasteiger partial charge >= 0.3 is 6.09 Å². The monoisotopic (exact) mass is 571 g/mol. The van der Waals surface area contributed by atoms with E-state index in [0.29, 0.717) is 41.2 Å². The fourth-order valence-corrected chi connectivity index (χ4v) is 4.00. The minimum absolute atomic E-state index is 0.0894. The van der Waals surface area contributed by atoms with Gasteiger partial charge in [-0.2, -0.15) is 0 Å². The van der Waals surface area contributed by atoms with Crippen LogP contribution in [0.15, 0.2) is 66.9 Å². The third kappa shape index (κ3) is 7.72. The molecule has 0 spiro atoms. The molecular formula is C31H33N5O6. The molecule has 3 N–H and O–H groups in total. The fourth-order valence-electron chi connectivity index (χ4n) is 4.00. The van der Waals surface area contributed by atoms with Crippen molar-refractivity contribution in [1.29, 1.82) is 0 Å². The number of alkyl carbamates (subject to hydrolysis) is 1. The van der Waals surface area contributed by atoms with Crippen molar-refractivity contribution in [1.82, 2.24) is 15.3 Å². The number of anilines is 2. The summed E-state index contributed by atoms with van der Waals surface area (Å²) in [5.41, 5.74) is 2.60. The molecule has 0 saturated heterocycles. The molecule has 0 aliphatic rings. The molecule has 0 saturated carbocycles. The lowest BCUT2D eigenvalue weighted by Crippen LogP contribution is -2.33. The van der Waals surface area contributed by atoms with Crippen molar-refractivity contribution >= 4 is 40.3 Å². The number of para-hydroxylation sites is 2. The molecule has 0 fully saturated rings. The van der Waals surface area contributed by atoms with E-state index < -0.39 is 23.5 Å². The maximum Gasteiger partial charge on any atom is 0.407 e. The van der Waals surface area contributed by atoms with Crippen molar-refractivity contribution in [3.8, 4) is 11.5 Å². The van der Waals surface area contributed by atoms with E-state index in [2.05, 4.69) is 25.9 Å². The average molecular weight is 572 g/mol. The predicted molar refractivity (Wildman–Crippen MR) is 159 cm³/mol. The first-order chi connectivity index (χ1) is 20.1. The standard InChI is InChI=1S/C31H33N5O6/c1-31(2,3)42-30(39)32-15-14-19-10-12-20(13-11-19)34-28(37)21-16-26(40-4)27(41-5)17-24(21)36-29(38)25-18-33-22-8-6-7-9-23(22)35-25/h6-13,16-18H,14-15H2,1-5H3,(H,32,39)(H,34,37)(H,36,38). The molecule has 218 valence electrons. The summed E-state index contributed by atoms with van der Waals surface area (Å²) in [7, 11) is 2.92. The Kier molecular flexibility index (Phi) is 9.21. The summed E-state index contributed by atoms with van der Waals surface area (Å²) in [4.78, 5) is 47.0. The SMILES string of the molecule is COc1cc(NC(=O)c2cnc3ccccc3n2)c(C(=O)Nc2ccc(CCNC(=O)OC(C)(C)C)cc2)cc1OC. The minimum atomic E-state index is -0.564. The number of hydrogen-bond donors (Lipinski definition) is 3. The van der Waals surface area contributed by atoms with Gasteiger partial charge in [-0.25, -0.2) is 9.78 Å². The lowest BCUT2D eigenvalue weighted by Gasteiger charge is -2.19. The normalized spacial score (nSPS) is 11.0. The summed E-state index contributed by atoms with van der Waals surface area (Å²) >= 11 is 0. The quantitative estimate of drug-likeness (QED) is 0.248. The van der Waals surface area contributed by atoms with Gasteiger partial charge in [0.15, 0.2) is 11.5 Å². The fraction of sp³-hybridized carbons (Fsp3) is 0.258. The molecule has 1 heterocycles. The Morgan fingerprint density at radius 3 is 2.17 bits per heavy atom. The number of amides is 3. The average Bonchev–Trinajstić information content (AvgIpc) is 2.96. The van der Waals surface area contributed by atoms with E-state index in [0.717, 1.165) is 5.56 Å². The highest BCUT2D eigenvalue weighted by molar-refractivity contribution is 6.12. The maximum absolute atomic E-state index is 13.4. The van der Waals surface area contributed by atoms with Crippen molar-refractivity contribution in [3.63, 3.8) is 0 Å². The van der Waals surface area contributed by atoms with Gasteiger partial charge in [-0.05, 0) is 63.1 Å². The van der Waals surface area contributed by atoms with Crippen molar-refractivity contribution in [3.05, 3.63) is 83.7 Å². The zero-order chi connectivity index (χ0) is 30.3. The zero-order valence-corrected chi connectivity index (χ0v) is 24.1. The third-order valence-corrected chi connectivity index (χ3v) is 5.99. The van der Waals surface area contributed by atoms with Gasteiger partial charge in [0, 0.05) is 18.3 Å². The van der Waals surface area contributed by atoms with Crippen LogP contribution >= 0.6 is 0 Å². The van der Waals surface area contributed by atoms with Crippen LogP contribution in [-0.2, 0) is 11.2 Å². The molecule has 4 rings (SSSR count). The van der Waals surface area contributed by atoms with Crippen molar-refractivity contribution in [2.75, 3.05) is 31.4 Å². The van der Waals surface area contributed by atoms with E-state index >= 15 is 0 Å². The molecule has 3 amide bonds. The van der Waals surface area contributed by atoms with E-state index in [1.54, 1.807) is 45.0 Å². The largest absolute Gasteiger partial charge is 0.493 e. The van der Waals surface area contributed by atoms with Gasteiger partial charge in [-0.3, -0.25) is 14.6 Å². The molecule has 11 nitrogen and oxygen atoms in total. The van der Waals surface area contributed by atoms with Crippen LogP contribution in [0.2, 0.25) is 0 Å². The van der Waals surface area contributed by atoms with Gasteiger partial charge in [0.05, 0.1) is 42.7 Å². The van der Waals surface area contributed by atoms with Gasteiger partial charge in [0.2, 0.25) is 0 Å². The lowest BCUT2D eigenvalue weighted by atomic mass is 10.1. The molecule has 1 aromatic heterocycles. The van der Waals surface area contributed by atoms with Crippen LogP contribution in [0.25, 0.3) is 11.0 Å². The second-order valence-corrected chi connectivity index (χ2v) is 10.3. The summed E-state index contributed by atoms with van der Waals surface area (Å²) in [5.74, 6) is -0.369. The molecule has 0 bridgehead atoms. The number of benzene rings is 3. The number of methoxy groups -OCH3 is 2. The first-order valence-electron chi connectivity index (χ1n) is 13.2. The van der Waals surface area contributed by atoms with Crippen LogP contribution in [0.1, 0.15) is 47.2 Å². The number of carbonyl (C=O) groups is 3. The summed E-state index contributed by atoms with van der Waals surface area (Å²) in [6.07, 6.45) is 1.48. The number of ether oxygens (including phenoxy) is 3. The number of hydrogen-bond acceptors (Lipinski definition) is 8. The molecule has 42 heavy (non-hydrogen) atoms. The van der Waals surface area contributed by atoms with Gasteiger partial charge in [-0.15, -0.1) is 0 Å². The molecule has 0 radical (unpaired) electrons. The first kappa shape index (κ1) is 29.8. The minimum Gasteiger partial charge on any atom is -0.493 e. The Hall–Kier alpha value is -5.19. The van der Waals surface area contributed by atoms with Crippen LogP contribution in [0.4, 0.5) is 16.2 Å². The van der Waals surface area contributed by atoms with E-state index in [-0.39, 0.29) is 16.9 Å². The van der Waals surface area contributed by atoms with Crippen LogP contribution in [0, 0.1) is 0 Å². The van der Waals surface area contributed by atoms with Gasteiger partial charge < -0.3 is 30.2 Å². The first-order valence-corrected chi connectivity index (χ1v) is 13.2. The van der Waals surface area contributed by atoms with Crippen LogP contribution in [0.3, 0.4) is 0 Å². The summed E-state index contributed by atoms with van der Waals surface area (Å²) in [6, 6.07) is 17.4. The molecule has 0 aliphatic carbocycles. The van der Waals surface area contributed by atoms with E-state index in [4.69, 9.17) is 14.2 Å². The Bertz CT molecular complexity index is 1600. The van der Waals surface area contributed by atoms with E-state index in [1.165, 1.54) is 32.5 Å². The number of carbonyl (C=O) groups excluding carboxylic acids is 3. The zero-order valence-electron chi connectivity index (χ0n) is 24.1.